The SMILES string of the molecule is CC(=O)C/C(C)=N/NC(=O)c1ccccc1.CC(=O)C/C(C)=N/NC(=O)c1ccccc1.[V+4]. The van der Waals surface area contributed by atoms with E-state index in [0.717, 1.165) is 0 Å². The topological polar surface area (TPSA) is 117 Å². The standard InChI is InChI=1S/2C12H14N2O2.V/c2*1-9(8-10(2)15)13-14-12(16)11-6-4-3-5-7-11;/h2*3-7H,8H2,1-2H3,(H,14,16);/q;;+4/b2*13-9+;. The third kappa shape index (κ3) is 13.6. The zero-order valence-corrected chi connectivity index (χ0v) is 20.6. The van der Waals surface area contributed by atoms with Crippen LogP contribution >= 0.6 is 0 Å². The Labute approximate surface area is 205 Å². The van der Waals surface area contributed by atoms with Gasteiger partial charge in [0.2, 0.25) is 0 Å². The van der Waals surface area contributed by atoms with Crippen molar-refractivity contribution in [2.24, 2.45) is 10.2 Å². The van der Waals surface area contributed by atoms with E-state index in [4.69, 9.17) is 0 Å². The van der Waals surface area contributed by atoms with Gasteiger partial charge < -0.3 is 0 Å². The maximum absolute atomic E-state index is 11.5. The number of hydrogen-bond acceptors (Lipinski definition) is 6. The molecule has 8 nitrogen and oxygen atoms in total. The van der Waals surface area contributed by atoms with Crippen LogP contribution in [0.2, 0.25) is 0 Å². The molecule has 0 aromatic heterocycles. The van der Waals surface area contributed by atoms with Gasteiger partial charge in [-0.15, -0.1) is 0 Å². The molecule has 2 aromatic rings. The van der Waals surface area contributed by atoms with Crippen LogP contribution in [0.15, 0.2) is 70.9 Å². The van der Waals surface area contributed by atoms with E-state index in [1.54, 1.807) is 62.4 Å². The Balaban J connectivity index is 0.000000602. The van der Waals surface area contributed by atoms with Gasteiger partial charge in [0.05, 0.1) is 0 Å². The van der Waals surface area contributed by atoms with Gasteiger partial charge in [-0.05, 0) is 52.0 Å². The summed E-state index contributed by atoms with van der Waals surface area (Å²) < 4.78 is 0. The van der Waals surface area contributed by atoms with Gasteiger partial charge in [0, 0.05) is 35.4 Å². The van der Waals surface area contributed by atoms with Crippen LogP contribution < -0.4 is 10.9 Å². The minimum Gasteiger partial charge on any atom is -0.300 e. The summed E-state index contributed by atoms with van der Waals surface area (Å²) in [5.74, 6) is -0.502. The molecule has 169 valence electrons. The quantitative estimate of drug-likeness (QED) is 0.438. The molecule has 0 saturated heterocycles. The molecule has 0 bridgehead atoms. The molecule has 2 aromatic carbocycles. The maximum Gasteiger partial charge on any atom is 4.00 e. The zero-order chi connectivity index (χ0) is 23.9. The van der Waals surface area contributed by atoms with E-state index in [1.807, 2.05) is 12.1 Å². The number of Topliss-reactive ketones (excluding diaryl/α,β-unsaturated/α-hetero) is 2. The Kier molecular flexibility index (Phi) is 14.6. The Morgan fingerprint density at radius 3 is 1.18 bits per heavy atom. The molecule has 0 aliphatic heterocycles. The van der Waals surface area contributed by atoms with Crippen LogP contribution in [0.25, 0.3) is 0 Å². The first-order valence-electron chi connectivity index (χ1n) is 9.95. The number of ketones is 2. The van der Waals surface area contributed by atoms with Crippen LogP contribution in [0, 0.1) is 0 Å². The predicted molar refractivity (Wildman–Crippen MR) is 125 cm³/mol. The number of hydrazone groups is 2. The van der Waals surface area contributed by atoms with E-state index in [1.165, 1.54) is 13.8 Å². The van der Waals surface area contributed by atoms with Gasteiger partial charge in [-0.3, -0.25) is 19.2 Å². The third-order valence-electron chi connectivity index (χ3n) is 3.78. The third-order valence-corrected chi connectivity index (χ3v) is 3.78. The molecule has 0 fully saturated rings. The molecule has 1 radical (unpaired) electrons. The van der Waals surface area contributed by atoms with E-state index in [0.29, 0.717) is 22.6 Å². The van der Waals surface area contributed by atoms with Crippen molar-refractivity contribution in [1.29, 1.82) is 0 Å². The van der Waals surface area contributed by atoms with Gasteiger partial charge in [-0.1, -0.05) is 36.4 Å². The molecule has 33 heavy (non-hydrogen) atoms. The first kappa shape index (κ1) is 29.6. The number of carbonyl (C=O) groups is 4. The van der Waals surface area contributed by atoms with E-state index >= 15 is 0 Å². The van der Waals surface area contributed by atoms with Gasteiger partial charge in [0.1, 0.15) is 11.6 Å². The molecule has 9 heteroatoms. The number of nitrogens with one attached hydrogen (secondary N) is 2. The normalized spacial score (nSPS) is 10.7. The molecule has 0 atom stereocenters. The fraction of sp³-hybridized carbons (Fsp3) is 0.250. The molecule has 0 aliphatic carbocycles. The van der Waals surface area contributed by atoms with Crippen LogP contribution in [0.5, 0.6) is 0 Å². The summed E-state index contributed by atoms with van der Waals surface area (Å²) in [6.07, 6.45) is 0.518. The Hall–Kier alpha value is -3.36. The molecule has 0 aliphatic rings. The minimum absolute atomic E-state index is 0. The number of carbonyl (C=O) groups excluding carboxylic acids is 4. The van der Waals surface area contributed by atoms with Crippen molar-refractivity contribution in [3.05, 3.63) is 71.8 Å². The average Bonchev–Trinajstić information content (AvgIpc) is 2.76. The Morgan fingerprint density at radius 2 is 0.909 bits per heavy atom. The number of amides is 2. The molecular formula is C24H28N4O4V+4. The van der Waals surface area contributed by atoms with Crippen molar-refractivity contribution >= 4 is 34.8 Å². The number of rotatable bonds is 8. The molecule has 2 amide bonds. The van der Waals surface area contributed by atoms with Crippen molar-refractivity contribution in [2.45, 2.75) is 40.5 Å². The smallest absolute Gasteiger partial charge is 0.300 e. The van der Waals surface area contributed by atoms with Crippen LogP contribution in [-0.4, -0.2) is 34.8 Å². The molecule has 0 spiro atoms. The first-order chi connectivity index (χ1) is 15.2. The molecule has 2 N–H and O–H groups in total. The predicted octanol–water partition coefficient (Wildman–Crippen LogP) is 3.54. The molecule has 0 unspecified atom stereocenters. The van der Waals surface area contributed by atoms with Crippen LogP contribution in [0.3, 0.4) is 0 Å². The second-order valence-corrected chi connectivity index (χ2v) is 7.07. The summed E-state index contributed by atoms with van der Waals surface area (Å²) in [4.78, 5) is 44.6. The zero-order valence-electron chi connectivity index (χ0n) is 19.2. The van der Waals surface area contributed by atoms with Crippen LogP contribution in [0.1, 0.15) is 61.3 Å². The maximum atomic E-state index is 11.5. The molecule has 2 rings (SSSR count). The van der Waals surface area contributed by atoms with Crippen molar-refractivity contribution in [3.63, 3.8) is 0 Å². The van der Waals surface area contributed by atoms with E-state index in [-0.39, 0.29) is 54.8 Å². The van der Waals surface area contributed by atoms with Gasteiger partial charge in [-0.25, -0.2) is 10.9 Å². The fourth-order valence-corrected chi connectivity index (χ4v) is 2.40. The summed E-state index contributed by atoms with van der Waals surface area (Å²) in [5, 5.41) is 7.67. The summed E-state index contributed by atoms with van der Waals surface area (Å²) in [6, 6.07) is 17.6. The molecular weight excluding hydrogens is 459 g/mol. The largest absolute Gasteiger partial charge is 4.00 e. The van der Waals surface area contributed by atoms with Gasteiger partial charge in [0.25, 0.3) is 11.8 Å². The summed E-state index contributed by atoms with van der Waals surface area (Å²) >= 11 is 0. The second kappa shape index (κ2) is 16.3. The summed E-state index contributed by atoms with van der Waals surface area (Å²) in [7, 11) is 0. The Morgan fingerprint density at radius 1 is 0.606 bits per heavy atom. The molecule has 0 saturated carbocycles. The number of benzene rings is 2. The fourth-order valence-electron chi connectivity index (χ4n) is 2.40. The van der Waals surface area contributed by atoms with Crippen molar-refractivity contribution in [1.82, 2.24) is 10.9 Å². The first-order valence-corrected chi connectivity index (χ1v) is 9.95. The van der Waals surface area contributed by atoms with Crippen molar-refractivity contribution < 1.29 is 37.7 Å². The summed E-state index contributed by atoms with van der Waals surface area (Å²) in [5.41, 5.74) is 7.08. The van der Waals surface area contributed by atoms with Crippen LogP contribution in [-0.2, 0) is 28.1 Å². The monoisotopic (exact) mass is 487 g/mol. The number of hydrogen-bond donors (Lipinski definition) is 2. The van der Waals surface area contributed by atoms with E-state index < -0.39 is 0 Å². The van der Waals surface area contributed by atoms with Gasteiger partial charge >= 0.3 is 18.6 Å². The average molecular weight is 487 g/mol. The van der Waals surface area contributed by atoms with E-state index in [2.05, 4.69) is 21.1 Å². The van der Waals surface area contributed by atoms with Gasteiger partial charge in [0.15, 0.2) is 0 Å². The van der Waals surface area contributed by atoms with Gasteiger partial charge in [-0.2, -0.15) is 10.2 Å². The minimum atomic E-state index is -0.275. The van der Waals surface area contributed by atoms with Crippen molar-refractivity contribution in [3.8, 4) is 0 Å². The number of nitrogens with zero attached hydrogens (tertiary/aromatic N) is 2. The van der Waals surface area contributed by atoms with Crippen molar-refractivity contribution in [2.75, 3.05) is 0 Å². The second-order valence-electron chi connectivity index (χ2n) is 7.07. The Bertz CT molecular complexity index is 909. The summed E-state index contributed by atoms with van der Waals surface area (Å²) in [6.45, 7) is 6.37. The molecule has 0 heterocycles. The van der Waals surface area contributed by atoms with Crippen LogP contribution in [0.4, 0.5) is 0 Å². The van der Waals surface area contributed by atoms with E-state index in [9.17, 15) is 19.2 Å².